The van der Waals surface area contributed by atoms with E-state index in [4.69, 9.17) is 8.83 Å². The summed E-state index contributed by atoms with van der Waals surface area (Å²) < 4.78 is 11.2. The van der Waals surface area contributed by atoms with Crippen LogP contribution in [0.1, 0.15) is 26.7 Å². The summed E-state index contributed by atoms with van der Waals surface area (Å²) in [5, 5.41) is 17.4. The van der Waals surface area contributed by atoms with E-state index in [0.29, 0.717) is 28.3 Å². The molecular formula is C27H19N3O6. The first-order valence-electron chi connectivity index (χ1n) is 10.9. The molecular weight excluding hydrogens is 462 g/mol. The zero-order chi connectivity index (χ0) is 25.2. The molecule has 2 heterocycles. The first-order valence-corrected chi connectivity index (χ1v) is 10.9. The van der Waals surface area contributed by atoms with E-state index in [2.05, 4.69) is 10.6 Å². The number of hydrogen-bond donors (Lipinski definition) is 2. The quantitative estimate of drug-likeness (QED) is 0.213. The van der Waals surface area contributed by atoms with Crippen LogP contribution in [0.3, 0.4) is 0 Å². The van der Waals surface area contributed by atoms with Crippen LogP contribution < -0.4 is 10.6 Å². The zero-order valence-electron chi connectivity index (χ0n) is 19.0. The number of benzene rings is 3. The van der Waals surface area contributed by atoms with Crippen LogP contribution >= 0.6 is 0 Å². The first-order chi connectivity index (χ1) is 17.4. The summed E-state index contributed by atoms with van der Waals surface area (Å²) >= 11 is 0. The van der Waals surface area contributed by atoms with E-state index in [1.54, 1.807) is 55.5 Å². The highest BCUT2D eigenvalue weighted by Gasteiger charge is 2.16. The van der Waals surface area contributed by atoms with E-state index in [1.165, 1.54) is 18.2 Å². The van der Waals surface area contributed by atoms with Crippen LogP contribution in [-0.4, -0.2) is 16.7 Å². The second-order valence-corrected chi connectivity index (χ2v) is 8.06. The molecule has 5 aromatic rings. The van der Waals surface area contributed by atoms with Gasteiger partial charge in [0.05, 0.1) is 4.92 Å². The molecule has 0 saturated carbocycles. The molecule has 0 unspecified atom stereocenters. The third-order valence-electron chi connectivity index (χ3n) is 5.55. The maximum Gasteiger partial charge on any atom is 0.291 e. The summed E-state index contributed by atoms with van der Waals surface area (Å²) in [4.78, 5) is 35.8. The van der Waals surface area contributed by atoms with E-state index in [-0.39, 0.29) is 23.1 Å². The Bertz CT molecular complexity index is 1600. The molecule has 2 N–H and O–H groups in total. The maximum absolute atomic E-state index is 12.7. The molecule has 0 atom stereocenters. The lowest BCUT2D eigenvalue weighted by Gasteiger charge is -2.10. The van der Waals surface area contributed by atoms with Crippen LogP contribution in [0.4, 0.5) is 17.1 Å². The number of nitro groups is 1. The van der Waals surface area contributed by atoms with Gasteiger partial charge in [-0.25, -0.2) is 0 Å². The number of nitro benzene ring substituents is 1. The van der Waals surface area contributed by atoms with Crippen molar-refractivity contribution in [3.8, 4) is 11.3 Å². The number of amides is 2. The van der Waals surface area contributed by atoms with Gasteiger partial charge in [-0.05, 0) is 55.0 Å². The number of carbonyl (C=O) groups is 2. The van der Waals surface area contributed by atoms with Gasteiger partial charge in [-0.1, -0.05) is 30.3 Å². The molecule has 9 heteroatoms. The highest BCUT2D eigenvalue weighted by atomic mass is 16.6. The van der Waals surface area contributed by atoms with Gasteiger partial charge in [0.25, 0.3) is 17.5 Å². The molecule has 5 rings (SSSR count). The van der Waals surface area contributed by atoms with Crippen LogP contribution in [0.5, 0.6) is 0 Å². The number of aryl methyl sites for hydroxylation is 1. The van der Waals surface area contributed by atoms with Crippen molar-refractivity contribution in [2.75, 3.05) is 10.6 Å². The van der Waals surface area contributed by atoms with Gasteiger partial charge < -0.3 is 19.5 Å². The summed E-state index contributed by atoms with van der Waals surface area (Å²) in [5.41, 5.74) is 2.86. The summed E-state index contributed by atoms with van der Waals surface area (Å²) in [6, 6.07) is 23.1. The molecule has 0 fully saturated rings. The van der Waals surface area contributed by atoms with Crippen LogP contribution in [0.25, 0.3) is 22.3 Å². The van der Waals surface area contributed by atoms with Gasteiger partial charge in [0.15, 0.2) is 11.5 Å². The van der Waals surface area contributed by atoms with Crippen molar-refractivity contribution in [2.45, 2.75) is 6.92 Å². The van der Waals surface area contributed by atoms with Crippen molar-refractivity contribution < 1.29 is 23.3 Å². The molecule has 9 nitrogen and oxygen atoms in total. The fourth-order valence-corrected chi connectivity index (χ4v) is 3.74. The average molecular weight is 481 g/mol. The van der Waals surface area contributed by atoms with Gasteiger partial charge in [-0.3, -0.25) is 19.7 Å². The highest BCUT2D eigenvalue weighted by molar-refractivity contribution is 6.06. The smallest absolute Gasteiger partial charge is 0.291 e. The Morgan fingerprint density at radius 1 is 0.806 bits per heavy atom. The Kier molecular flexibility index (Phi) is 5.79. The SMILES string of the molecule is Cc1cc(NC(=O)c2ccc(-c3cccc([N+](=O)[O-])c3)o2)ccc1NC(=O)c1cc2ccccc2o1. The molecule has 0 bridgehead atoms. The summed E-state index contributed by atoms with van der Waals surface area (Å²) in [7, 11) is 0. The number of carbonyl (C=O) groups excluding carboxylic acids is 2. The fourth-order valence-electron chi connectivity index (χ4n) is 3.74. The Morgan fingerprint density at radius 3 is 2.39 bits per heavy atom. The van der Waals surface area contributed by atoms with Crippen LogP contribution in [0, 0.1) is 17.0 Å². The molecule has 36 heavy (non-hydrogen) atoms. The third kappa shape index (κ3) is 4.58. The molecule has 0 radical (unpaired) electrons. The molecule has 0 aliphatic carbocycles. The number of fused-ring (bicyclic) bond motifs is 1. The van der Waals surface area contributed by atoms with Gasteiger partial charge >= 0.3 is 0 Å². The predicted molar refractivity (Wildman–Crippen MR) is 134 cm³/mol. The first kappa shape index (κ1) is 22.6. The van der Waals surface area contributed by atoms with Crippen molar-refractivity contribution in [1.29, 1.82) is 0 Å². The third-order valence-corrected chi connectivity index (χ3v) is 5.55. The van der Waals surface area contributed by atoms with Gasteiger partial charge in [0.1, 0.15) is 11.3 Å². The number of non-ortho nitro benzene ring substituents is 1. The summed E-state index contributed by atoms with van der Waals surface area (Å²) in [5.74, 6) is -0.272. The molecule has 0 saturated heterocycles. The molecule has 0 spiro atoms. The predicted octanol–water partition coefficient (Wildman–Crippen LogP) is 6.41. The number of para-hydroxylation sites is 1. The molecule has 3 aromatic carbocycles. The Balaban J connectivity index is 1.27. The monoisotopic (exact) mass is 481 g/mol. The van der Waals surface area contributed by atoms with Crippen LogP contribution in [-0.2, 0) is 0 Å². The topological polar surface area (TPSA) is 128 Å². The second-order valence-electron chi connectivity index (χ2n) is 8.06. The van der Waals surface area contributed by atoms with Crippen molar-refractivity contribution in [1.82, 2.24) is 0 Å². The van der Waals surface area contributed by atoms with E-state index in [9.17, 15) is 19.7 Å². The summed E-state index contributed by atoms with van der Waals surface area (Å²) in [6.07, 6.45) is 0. The highest BCUT2D eigenvalue weighted by Crippen LogP contribution is 2.27. The standard InChI is InChI=1S/C27H19N3O6/c1-16-13-19(9-10-21(16)29-27(32)25-15-18-5-2-3-8-22(18)36-25)28-26(31)24-12-11-23(35-24)17-6-4-7-20(14-17)30(33)34/h2-15H,1H3,(H,28,31)(H,29,32). The van der Waals surface area contributed by atoms with Crippen molar-refractivity contribution in [3.05, 3.63) is 112 Å². The average Bonchev–Trinajstić information content (AvgIpc) is 3.54. The molecule has 2 aromatic heterocycles. The number of nitrogens with one attached hydrogen (secondary N) is 2. The Morgan fingerprint density at radius 2 is 1.61 bits per heavy atom. The normalized spacial score (nSPS) is 10.8. The minimum Gasteiger partial charge on any atom is -0.451 e. The minimum atomic E-state index is -0.495. The van der Waals surface area contributed by atoms with Gasteiger partial charge in [0.2, 0.25) is 0 Å². The van der Waals surface area contributed by atoms with Crippen LogP contribution in [0.2, 0.25) is 0 Å². The summed E-state index contributed by atoms with van der Waals surface area (Å²) in [6.45, 7) is 1.80. The molecule has 0 aliphatic heterocycles. The lowest BCUT2D eigenvalue weighted by atomic mass is 10.1. The van der Waals surface area contributed by atoms with E-state index in [0.717, 1.165) is 10.9 Å². The Hall–Kier alpha value is -5.18. The van der Waals surface area contributed by atoms with E-state index in [1.807, 2.05) is 18.2 Å². The second kappa shape index (κ2) is 9.22. The number of hydrogen-bond acceptors (Lipinski definition) is 6. The maximum atomic E-state index is 12.7. The molecule has 2 amide bonds. The van der Waals surface area contributed by atoms with Gasteiger partial charge in [-0.15, -0.1) is 0 Å². The number of rotatable bonds is 6. The lowest BCUT2D eigenvalue weighted by molar-refractivity contribution is -0.384. The van der Waals surface area contributed by atoms with Crippen molar-refractivity contribution in [2.24, 2.45) is 0 Å². The Labute approximate surface area is 204 Å². The van der Waals surface area contributed by atoms with Gasteiger partial charge in [0, 0.05) is 34.5 Å². The largest absolute Gasteiger partial charge is 0.451 e. The van der Waals surface area contributed by atoms with Gasteiger partial charge in [-0.2, -0.15) is 0 Å². The molecule has 178 valence electrons. The number of nitrogens with zero attached hydrogens (tertiary/aromatic N) is 1. The zero-order valence-corrected chi connectivity index (χ0v) is 19.0. The number of furan rings is 2. The fraction of sp³-hybridized carbons (Fsp3) is 0.0370. The lowest BCUT2D eigenvalue weighted by Crippen LogP contribution is -2.13. The van der Waals surface area contributed by atoms with Crippen molar-refractivity contribution >= 4 is 39.8 Å². The van der Waals surface area contributed by atoms with Crippen LogP contribution in [0.15, 0.2) is 93.8 Å². The minimum absolute atomic E-state index is 0.0522. The van der Waals surface area contributed by atoms with E-state index >= 15 is 0 Å². The molecule has 0 aliphatic rings. The number of anilines is 2. The van der Waals surface area contributed by atoms with Crippen molar-refractivity contribution in [3.63, 3.8) is 0 Å². The van der Waals surface area contributed by atoms with E-state index < -0.39 is 10.8 Å².